The number of hydrogen-bond acceptors (Lipinski definition) is 5. The van der Waals surface area contributed by atoms with Crippen LogP contribution in [0.4, 0.5) is 0 Å². The maximum atomic E-state index is 9.00. The minimum Gasteiger partial charge on any atom is -0.759 e. The molecule has 0 fully saturated rings. The molecule has 11 heavy (non-hydrogen) atoms. The van der Waals surface area contributed by atoms with E-state index in [1.807, 2.05) is 0 Å². The second-order valence-electron chi connectivity index (χ2n) is 0.927. The van der Waals surface area contributed by atoms with Gasteiger partial charge in [0.15, 0.2) is 0 Å². The summed E-state index contributed by atoms with van der Waals surface area (Å²) in [6.07, 6.45) is 0. The third kappa shape index (κ3) is 208. The molecule has 0 rings (SSSR count). The second kappa shape index (κ2) is 12.6. The molecule has 56 valence electrons. The summed E-state index contributed by atoms with van der Waals surface area (Å²) in [6, 6.07) is 0. The van der Waals surface area contributed by atoms with Crippen molar-refractivity contribution in [2.45, 2.75) is 6.92 Å². The van der Waals surface area contributed by atoms with E-state index in [-0.39, 0.29) is 103 Å². The number of aliphatic carboxylic acids is 1. The molecule has 0 aromatic heterocycles. The maximum absolute atomic E-state index is 9.00. The second-order valence-corrected chi connectivity index (χ2v) is 1.74. The van der Waals surface area contributed by atoms with E-state index < -0.39 is 16.4 Å². The Morgan fingerprint density at radius 3 is 1.27 bits per heavy atom. The van der Waals surface area contributed by atoms with Gasteiger partial charge in [-0.15, -0.1) is 0 Å². The number of carboxylic acid groups (broad SMARTS) is 1. The van der Waals surface area contributed by atoms with E-state index in [0.29, 0.717) is 0 Å². The van der Waals surface area contributed by atoms with E-state index in [1.54, 1.807) is 0 Å². The van der Waals surface area contributed by atoms with Crippen LogP contribution >= 0.6 is 0 Å². The van der Waals surface area contributed by atoms with Gasteiger partial charge < -0.3 is 14.2 Å². The number of hydrogen-bond donors (Lipinski definition) is 1. The van der Waals surface area contributed by atoms with Gasteiger partial charge >= 0.3 is 103 Å². The van der Waals surface area contributed by atoms with Crippen LogP contribution in [-0.4, -0.2) is 28.6 Å². The van der Waals surface area contributed by atoms with Gasteiger partial charge in [-0.3, -0.25) is 13.2 Å². The van der Waals surface area contributed by atoms with Crippen molar-refractivity contribution in [3.8, 4) is 0 Å². The first-order valence-electron chi connectivity index (χ1n) is 1.59. The fourth-order valence-corrected chi connectivity index (χ4v) is 0. The van der Waals surface area contributed by atoms with E-state index in [4.69, 9.17) is 27.4 Å². The normalized spacial score (nSPS) is 7.55. The van der Waals surface area contributed by atoms with Crippen molar-refractivity contribution in [3.05, 3.63) is 0 Å². The molecule has 0 aliphatic rings. The molecule has 0 heterocycles. The van der Waals surface area contributed by atoms with Crippen LogP contribution in [-0.2, 0) is 15.2 Å². The summed E-state index contributed by atoms with van der Waals surface area (Å²) in [5.41, 5.74) is 0. The van der Waals surface area contributed by atoms with Crippen molar-refractivity contribution in [1.82, 2.24) is 0 Å². The van der Waals surface area contributed by atoms with E-state index in [1.165, 1.54) is 0 Å². The zero-order chi connectivity index (χ0) is 8.08. The summed E-state index contributed by atoms with van der Waals surface area (Å²) in [5, 5.41) is 7.42. The van der Waals surface area contributed by atoms with Gasteiger partial charge in [0.25, 0.3) is 5.97 Å². The summed E-state index contributed by atoms with van der Waals surface area (Å²) in [5.74, 6) is -0.833. The maximum Gasteiger partial charge on any atom is 1.00 e. The van der Waals surface area contributed by atoms with Crippen molar-refractivity contribution in [1.29, 1.82) is 0 Å². The van der Waals surface area contributed by atoms with Crippen LogP contribution < -0.4 is 103 Å². The average Bonchev–Trinajstić information content (AvgIpc) is 1.19. The van der Waals surface area contributed by atoms with E-state index in [2.05, 4.69) is 0 Å². The molecule has 0 radical (unpaired) electrons. The molecule has 0 atom stereocenters. The largest absolute Gasteiger partial charge is 1.00 e. The van der Waals surface area contributed by atoms with E-state index >= 15 is 0 Å². The van der Waals surface area contributed by atoms with Gasteiger partial charge in [0.1, 0.15) is 0 Å². The van der Waals surface area contributed by atoms with Gasteiger partial charge in [-0.05, 0) is 0 Å². The Bertz CT molecular complexity index is 161. The molecule has 0 saturated carbocycles. The molecule has 0 spiro atoms. The van der Waals surface area contributed by atoms with Gasteiger partial charge in [0.2, 0.25) is 0 Å². The first-order valence-corrected chi connectivity index (χ1v) is 2.93. The van der Waals surface area contributed by atoms with Gasteiger partial charge in [0, 0.05) is 17.3 Å². The first kappa shape index (κ1) is 23.4. The minimum atomic E-state index is -5.17. The molecule has 0 aromatic carbocycles. The Kier molecular flexibility index (Phi) is 26.9. The summed E-state index contributed by atoms with van der Waals surface area (Å²) in [6.45, 7) is 1.08. The van der Waals surface area contributed by atoms with E-state index in [0.717, 1.165) is 6.92 Å². The number of carbonyl (C=O) groups is 1. The van der Waals surface area contributed by atoms with Crippen molar-refractivity contribution < 1.29 is 130 Å². The number of rotatable bonds is 0. The molecule has 6 nitrogen and oxygen atoms in total. The van der Waals surface area contributed by atoms with Crippen molar-refractivity contribution in [2.75, 3.05) is 0 Å². The molecule has 0 aliphatic carbocycles. The number of carboxylic acids is 1. The van der Waals surface area contributed by atoms with Crippen molar-refractivity contribution >= 4 is 16.4 Å². The molecular formula is C2H4K2O6S. The Hall–Kier alpha value is 2.61. The molecule has 0 aromatic rings. The smallest absolute Gasteiger partial charge is 0.759 e. The van der Waals surface area contributed by atoms with Gasteiger partial charge in [0.05, 0.1) is 0 Å². The fourth-order valence-electron chi connectivity index (χ4n) is 0. The molecule has 0 bridgehead atoms. The minimum absolute atomic E-state index is 0. The molecule has 0 aliphatic heterocycles. The third-order valence-electron chi connectivity index (χ3n) is 0. The zero-order valence-corrected chi connectivity index (χ0v) is 13.5. The summed E-state index contributed by atoms with van der Waals surface area (Å²) in [7, 11) is -5.17. The Labute approximate surface area is 150 Å². The van der Waals surface area contributed by atoms with Crippen LogP contribution in [0.5, 0.6) is 0 Å². The summed E-state index contributed by atoms with van der Waals surface area (Å²) in [4.78, 5) is 9.00. The van der Waals surface area contributed by atoms with Crippen LogP contribution in [0.3, 0.4) is 0 Å². The van der Waals surface area contributed by atoms with Crippen LogP contribution in [0.1, 0.15) is 6.92 Å². The summed E-state index contributed by atoms with van der Waals surface area (Å²) < 4.78 is 34.1. The zero-order valence-electron chi connectivity index (χ0n) is 6.40. The molecule has 9 heteroatoms. The van der Waals surface area contributed by atoms with Crippen LogP contribution in [0.15, 0.2) is 0 Å². The molecule has 0 amide bonds. The SMILES string of the molecule is CC(=O)O.O=S(=O)([O-])[O-].[K+].[K+]. The topological polar surface area (TPSA) is 118 Å². The standard InChI is InChI=1S/C2H4O2.2K.H2O4S/c1-2(3)4;;;1-5(2,3)4/h1H3,(H,3,4);;;(H2,1,2,3,4)/q;2*+1;/p-2. The monoisotopic (exact) mass is 234 g/mol. The predicted molar refractivity (Wildman–Crippen MR) is 23.8 cm³/mol. The van der Waals surface area contributed by atoms with Gasteiger partial charge in [-0.25, -0.2) is 0 Å². The van der Waals surface area contributed by atoms with Crippen LogP contribution in [0.2, 0.25) is 0 Å². The quantitative estimate of drug-likeness (QED) is 0.253. The third-order valence-corrected chi connectivity index (χ3v) is 0. The van der Waals surface area contributed by atoms with Crippen LogP contribution in [0.25, 0.3) is 0 Å². The Balaban J connectivity index is -0.0000000383. The van der Waals surface area contributed by atoms with Crippen molar-refractivity contribution in [3.63, 3.8) is 0 Å². The van der Waals surface area contributed by atoms with E-state index in [9.17, 15) is 0 Å². The van der Waals surface area contributed by atoms with Crippen molar-refractivity contribution in [2.24, 2.45) is 0 Å². The van der Waals surface area contributed by atoms with Gasteiger partial charge in [-0.2, -0.15) is 0 Å². The van der Waals surface area contributed by atoms with Gasteiger partial charge in [-0.1, -0.05) is 0 Å². The Morgan fingerprint density at radius 2 is 1.27 bits per heavy atom. The molecule has 0 unspecified atom stereocenters. The van der Waals surface area contributed by atoms with Crippen LogP contribution in [0, 0.1) is 0 Å². The molecule has 0 saturated heterocycles. The first-order chi connectivity index (χ1) is 3.73. The Morgan fingerprint density at radius 1 is 1.27 bits per heavy atom. The fraction of sp³-hybridized carbons (Fsp3) is 0.500. The summed E-state index contributed by atoms with van der Waals surface area (Å²) >= 11 is 0. The average molecular weight is 234 g/mol. The molecule has 1 N–H and O–H groups in total. The molecular weight excluding hydrogens is 230 g/mol. The predicted octanol–water partition coefficient (Wildman–Crippen LogP) is -7.24.